The van der Waals surface area contributed by atoms with Crippen molar-refractivity contribution in [3.05, 3.63) is 66.5 Å². The molecule has 0 unspecified atom stereocenters. The lowest BCUT2D eigenvalue weighted by Crippen LogP contribution is -2.12. The van der Waals surface area contributed by atoms with Gasteiger partial charge >= 0.3 is 0 Å². The van der Waals surface area contributed by atoms with Crippen LogP contribution in [0.4, 0.5) is 17.1 Å². The molecule has 3 rings (SSSR count). The number of rotatable bonds is 4. The first-order valence-corrected chi connectivity index (χ1v) is 6.32. The van der Waals surface area contributed by atoms with E-state index in [4.69, 9.17) is 0 Å². The predicted molar refractivity (Wildman–Crippen MR) is 78.4 cm³/mol. The summed E-state index contributed by atoms with van der Waals surface area (Å²) in [6.45, 7) is 0. The van der Waals surface area contributed by atoms with Crippen LogP contribution < -0.4 is 10.6 Å². The number of amides is 1. The van der Waals surface area contributed by atoms with E-state index >= 15 is 0 Å². The maximum atomic E-state index is 11.8. The third-order valence-corrected chi connectivity index (χ3v) is 2.80. The third kappa shape index (κ3) is 3.24. The number of aromatic nitrogens is 2. The van der Waals surface area contributed by atoms with E-state index in [2.05, 4.69) is 25.6 Å². The van der Waals surface area contributed by atoms with Gasteiger partial charge in [0.05, 0.1) is 0 Å². The molecular weight excluding hydrogens is 268 g/mol. The SMILES string of the molecule is O=C(Nc1ccc(Nc2ccccc2)cc1)c1cnon1. The highest BCUT2D eigenvalue weighted by Gasteiger charge is 2.09. The second kappa shape index (κ2) is 5.87. The lowest BCUT2D eigenvalue weighted by Gasteiger charge is -2.07. The van der Waals surface area contributed by atoms with Crippen LogP contribution in [-0.4, -0.2) is 16.2 Å². The van der Waals surface area contributed by atoms with Crippen molar-refractivity contribution in [2.24, 2.45) is 0 Å². The Balaban J connectivity index is 1.65. The summed E-state index contributed by atoms with van der Waals surface area (Å²) in [5, 5.41) is 12.8. The van der Waals surface area contributed by atoms with Gasteiger partial charge in [-0.15, -0.1) is 0 Å². The number of nitrogens with one attached hydrogen (secondary N) is 2. The Morgan fingerprint density at radius 2 is 1.57 bits per heavy atom. The molecule has 0 saturated carbocycles. The fourth-order valence-corrected chi connectivity index (χ4v) is 1.78. The Morgan fingerprint density at radius 3 is 2.24 bits per heavy atom. The third-order valence-electron chi connectivity index (χ3n) is 2.80. The minimum Gasteiger partial charge on any atom is -0.356 e. The molecule has 6 heteroatoms. The van der Waals surface area contributed by atoms with Gasteiger partial charge < -0.3 is 10.6 Å². The number of para-hydroxylation sites is 1. The van der Waals surface area contributed by atoms with Crippen molar-refractivity contribution in [1.29, 1.82) is 0 Å². The van der Waals surface area contributed by atoms with E-state index in [9.17, 15) is 4.79 Å². The number of anilines is 3. The highest BCUT2D eigenvalue weighted by molar-refractivity contribution is 6.02. The molecule has 1 aromatic heterocycles. The van der Waals surface area contributed by atoms with E-state index in [1.165, 1.54) is 6.20 Å². The highest BCUT2D eigenvalue weighted by Crippen LogP contribution is 2.18. The number of nitrogens with zero attached hydrogens (tertiary/aromatic N) is 2. The van der Waals surface area contributed by atoms with Gasteiger partial charge in [-0.2, -0.15) is 0 Å². The van der Waals surface area contributed by atoms with E-state index in [-0.39, 0.29) is 11.6 Å². The summed E-state index contributed by atoms with van der Waals surface area (Å²) in [7, 11) is 0. The average Bonchev–Trinajstić information content (AvgIpc) is 3.05. The maximum absolute atomic E-state index is 11.8. The van der Waals surface area contributed by atoms with Crippen LogP contribution in [0, 0.1) is 0 Å². The van der Waals surface area contributed by atoms with E-state index in [1.54, 1.807) is 12.1 Å². The van der Waals surface area contributed by atoms with Gasteiger partial charge in [0.25, 0.3) is 5.91 Å². The van der Waals surface area contributed by atoms with E-state index in [1.807, 2.05) is 42.5 Å². The number of carbonyl (C=O) groups excluding carboxylic acids is 1. The quantitative estimate of drug-likeness (QED) is 0.767. The molecule has 0 atom stereocenters. The van der Waals surface area contributed by atoms with Gasteiger partial charge in [-0.25, -0.2) is 4.63 Å². The number of hydrogen-bond donors (Lipinski definition) is 2. The molecule has 104 valence electrons. The number of carbonyl (C=O) groups is 1. The van der Waals surface area contributed by atoms with Gasteiger partial charge in [-0.05, 0) is 41.6 Å². The highest BCUT2D eigenvalue weighted by atomic mass is 16.6. The van der Waals surface area contributed by atoms with Gasteiger partial charge in [0, 0.05) is 17.1 Å². The summed E-state index contributed by atoms with van der Waals surface area (Å²) < 4.78 is 4.39. The maximum Gasteiger partial charge on any atom is 0.279 e. The van der Waals surface area contributed by atoms with E-state index in [0.717, 1.165) is 11.4 Å². The Labute approximate surface area is 120 Å². The molecule has 21 heavy (non-hydrogen) atoms. The fourth-order valence-electron chi connectivity index (χ4n) is 1.78. The van der Waals surface area contributed by atoms with Gasteiger partial charge in [-0.3, -0.25) is 4.79 Å². The van der Waals surface area contributed by atoms with Crippen LogP contribution in [0.25, 0.3) is 0 Å². The van der Waals surface area contributed by atoms with Crippen molar-refractivity contribution in [3.63, 3.8) is 0 Å². The standard InChI is InChI=1S/C15H12N4O2/c20-15(14-10-16-21-19-14)18-13-8-6-12(7-9-13)17-11-4-2-1-3-5-11/h1-10,17H,(H,18,20). The molecule has 0 spiro atoms. The zero-order chi connectivity index (χ0) is 14.5. The zero-order valence-electron chi connectivity index (χ0n) is 11.0. The minimum absolute atomic E-state index is 0.140. The predicted octanol–water partition coefficient (Wildman–Crippen LogP) is 3.07. The smallest absolute Gasteiger partial charge is 0.279 e. The Bertz CT molecular complexity index is 709. The first-order valence-electron chi connectivity index (χ1n) is 6.32. The summed E-state index contributed by atoms with van der Waals surface area (Å²) in [5.74, 6) is -0.361. The molecule has 0 aliphatic heterocycles. The molecule has 0 aliphatic carbocycles. The van der Waals surface area contributed by atoms with Crippen LogP contribution >= 0.6 is 0 Å². The largest absolute Gasteiger partial charge is 0.356 e. The molecule has 1 heterocycles. The normalized spacial score (nSPS) is 10.1. The van der Waals surface area contributed by atoms with Gasteiger partial charge in [0.1, 0.15) is 6.20 Å². The molecule has 0 aliphatic rings. The first kappa shape index (κ1) is 12.9. The summed E-state index contributed by atoms with van der Waals surface area (Å²) in [6, 6.07) is 17.2. The van der Waals surface area contributed by atoms with Crippen molar-refractivity contribution in [2.45, 2.75) is 0 Å². The summed E-state index contributed by atoms with van der Waals surface area (Å²) in [6.07, 6.45) is 1.26. The lowest BCUT2D eigenvalue weighted by atomic mass is 10.2. The molecule has 0 radical (unpaired) electrons. The van der Waals surface area contributed by atoms with Crippen molar-refractivity contribution < 1.29 is 9.42 Å². The molecule has 2 aromatic carbocycles. The van der Waals surface area contributed by atoms with Crippen molar-refractivity contribution in [3.8, 4) is 0 Å². The molecule has 0 fully saturated rings. The molecule has 6 nitrogen and oxygen atoms in total. The number of benzene rings is 2. The molecule has 1 amide bonds. The Hall–Kier alpha value is -3.15. The monoisotopic (exact) mass is 280 g/mol. The Kier molecular flexibility index (Phi) is 3.60. The molecule has 3 aromatic rings. The van der Waals surface area contributed by atoms with Crippen LogP contribution in [0.15, 0.2) is 65.4 Å². The van der Waals surface area contributed by atoms with Crippen LogP contribution in [0.3, 0.4) is 0 Å². The zero-order valence-corrected chi connectivity index (χ0v) is 11.0. The van der Waals surface area contributed by atoms with E-state index in [0.29, 0.717) is 5.69 Å². The van der Waals surface area contributed by atoms with Crippen molar-refractivity contribution in [2.75, 3.05) is 10.6 Å². The van der Waals surface area contributed by atoms with Crippen LogP contribution in [0.2, 0.25) is 0 Å². The molecule has 0 saturated heterocycles. The fraction of sp³-hybridized carbons (Fsp3) is 0. The van der Waals surface area contributed by atoms with Crippen LogP contribution in [0.5, 0.6) is 0 Å². The van der Waals surface area contributed by atoms with Crippen molar-refractivity contribution >= 4 is 23.0 Å². The van der Waals surface area contributed by atoms with Crippen LogP contribution in [0.1, 0.15) is 10.5 Å². The molecule has 2 N–H and O–H groups in total. The first-order chi connectivity index (χ1) is 10.3. The van der Waals surface area contributed by atoms with Gasteiger partial charge in [-0.1, -0.05) is 23.4 Å². The molecular formula is C15H12N4O2. The van der Waals surface area contributed by atoms with Crippen LogP contribution in [-0.2, 0) is 0 Å². The topological polar surface area (TPSA) is 80.0 Å². The second-order valence-corrected chi connectivity index (χ2v) is 4.32. The molecule has 0 bridgehead atoms. The minimum atomic E-state index is -0.361. The van der Waals surface area contributed by atoms with Gasteiger partial charge in [0.15, 0.2) is 5.69 Å². The van der Waals surface area contributed by atoms with E-state index < -0.39 is 0 Å². The average molecular weight is 280 g/mol. The van der Waals surface area contributed by atoms with Gasteiger partial charge in [0.2, 0.25) is 0 Å². The van der Waals surface area contributed by atoms with Crippen molar-refractivity contribution in [1.82, 2.24) is 10.3 Å². The summed E-state index contributed by atoms with van der Waals surface area (Å²) in [4.78, 5) is 11.8. The summed E-state index contributed by atoms with van der Waals surface area (Å²) >= 11 is 0. The Morgan fingerprint density at radius 1 is 0.905 bits per heavy atom. The number of hydrogen-bond acceptors (Lipinski definition) is 5. The lowest BCUT2D eigenvalue weighted by molar-refractivity contribution is 0.101. The summed E-state index contributed by atoms with van der Waals surface area (Å²) in [5.41, 5.74) is 2.74. The second-order valence-electron chi connectivity index (χ2n) is 4.32.